The van der Waals surface area contributed by atoms with Gasteiger partial charge in [-0.1, -0.05) is 0 Å². The van der Waals surface area contributed by atoms with Crippen molar-refractivity contribution in [1.82, 2.24) is 9.88 Å². The molecule has 21 heavy (non-hydrogen) atoms. The molecule has 1 aromatic rings. The number of amides is 1. The second-order valence-corrected chi connectivity index (χ2v) is 6.13. The SMILES string of the molecule is CC(C)(C)OC(=O)[C@H]1CCCN1C(=O)c1cc[nH]c(=O)c1. The van der Waals surface area contributed by atoms with Crippen LogP contribution in [0.3, 0.4) is 0 Å². The Hall–Kier alpha value is -2.11. The largest absolute Gasteiger partial charge is 0.458 e. The molecule has 2 rings (SSSR count). The minimum Gasteiger partial charge on any atom is -0.458 e. The van der Waals surface area contributed by atoms with Crippen LogP contribution in [-0.2, 0) is 9.53 Å². The van der Waals surface area contributed by atoms with Gasteiger partial charge in [-0.3, -0.25) is 9.59 Å². The van der Waals surface area contributed by atoms with E-state index in [9.17, 15) is 14.4 Å². The first kappa shape index (κ1) is 15.3. The van der Waals surface area contributed by atoms with Crippen molar-refractivity contribution in [3.05, 3.63) is 34.2 Å². The number of H-pyrrole nitrogens is 1. The molecule has 1 N–H and O–H groups in total. The van der Waals surface area contributed by atoms with Crippen molar-refractivity contribution in [2.45, 2.75) is 45.3 Å². The van der Waals surface area contributed by atoms with Gasteiger partial charge in [0.05, 0.1) is 0 Å². The topological polar surface area (TPSA) is 79.5 Å². The Bertz CT molecular complexity index is 600. The molecule has 0 spiro atoms. The van der Waals surface area contributed by atoms with Crippen molar-refractivity contribution in [3.63, 3.8) is 0 Å². The Labute approximate surface area is 123 Å². The maximum atomic E-state index is 12.4. The fourth-order valence-corrected chi connectivity index (χ4v) is 2.37. The molecule has 0 bridgehead atoms. The third-order valence-electron chi connectivity index (χ3n) is 3.21. The van der Waals surface area contributed by atoms with Gasteiger partial charge in [-0.15, -0.1) is 0 Å². The lowest BCUT2D eigenvalue weighted by Gasteiger charge is -2.27. The Morgan fingerprint density at radius 2 is 2.10 bits per heavy atom. The van der Waals surface area contributed by atoms with Crippen molar-refractivity contribution in [3.8, 4) is 0 Å². The lowest BCUT2D eigenvalue weighted by Crippen LogP contribution is -2.43. The summed E-state index contributed by atoms with van der Waals surface area (Å²) in [6.45, 7) is 5.88. The Kier molecular flexibility index (Phi) is 4.16. The molecule has 1 atom stereocenters. The smallest absolute Gasteiger partial charge is 0.329 e. The lowest BCUT2D eigenvalue weighted by molar-refractivity contribution is -0.159. The summed E-state index contributed by atoms with van der Waals surface area (Å²) >= 11 is 0. The summed E-state index contributed by atoms with van der Waals surface area (Å²) in [5.74, 6) is -0.701. The first-order valence-electron chi connectivity index (χ1n) is 7.00. The van der Waals surface area contributed by atoms with Crippen LogP contribution in [0.1, 0.15) is 44.0 Å². The highest BCUT2D eigenvalue weighted by Crippen LogP contribution is 2.22. The fourth-order valence-electron chi connectivity index (χ4n) is 2.37. The van der Waals surface area contributed by atoms with Gasteiger partial charge in [-0.25, -0.2) is 4.79 Å². The van der Waals surface area contributed by atoms with E-state index in [2.05, 4.69) is 4.98 Å². The van der Waals surface area contributed by atoms with Gasteiger partial charge < -0.3 is 14.6 Å². The summed E-state index contributed by atoms with van der Waals surface area (Å²) in [6.07, 6.45) is 2.76. The number of carbonyl (C=O) groups is 2. The average Bonchev–Trinajstić information content (AvgIpc) is 2.85. The third-order valence-corrected chi connectivity index (χ3v) is 3.21. The van der Waals surface area contributed by atoms with E-state index >= 15 is 0 Å². The number of hydrogen-bond donors (Lipinski definition) is 1. The zero-order valence-corrected chi connectivity index (χ0v) is 12.5. The van der Waals surface area contributed by atoms with Crippen LogP contribution in [-0.4, -0.2) is 39.9 Å². The number of carbonyl (C=O) groups excluding carboxylic acids is 2. The van der Waals surface area contributed by atoms with E-state index in [1.807, 2.05) is 0 Å². The van der Waals surface area contributed by atoms with Gasteiger partial charge in [-0.05, 0) is 39.7 Å². The van der Waals surface area contributed by atoms with E-state index in [4.69, 9.17) is 4.74 Å². The zero-order chi connectivity index (χ0) is 15.6. The van der Waals surface area contributed by atoms with Crippen molar-refractivity contribution < 1.29 is 14.3 Å². The highest BCUT2D eigenvalue weighted by molar-refractivity contribution is 5.97. The molecule has 2 heterocycles. The van der Waals surface area contributed by atoms with E-state index in [0.717, 1.165) is 6.42 Å². The fraction of sp³-hybridized carbons (Fsp3) is 0.533. The van der Waals surface area contributed by atoms with Gasteiger partial charge in [0.1, 0.15) is 11.6 Å². The highest BCUT2D eigenvalue weighted by Gasteiger charge is 2.37. The number of likely N-dealkylation sites (tertiary alicyclic amines) is 1. The standard InChI is InChI=1S/C15H20N2O4/c1-15(2,3)21-14(20)11-5-4-8-17(11)13(19)10-6-7-16-12(18)9-10/h6-7,9,11H,4-5,8H2,1-3H3,(H,16,18)/t11-/m1/s1. The molecule has 0 aliphatic carbocycles. The Balaban J connectivity index is 2.17. The Morgan fingerprint density at radius 1 is 1.38 bits per heavy atom. The van der Waals surface area contributed by atoms with E-state index in [1.165, 1.54) is 23.2 Å². The molecule has 1 fully saturated rings. The van der Waals surface area contributed by atoms with Crippen LogP contribution < -0.4 is 5.56 Å². The number of aromatic amines is 1. The van der Waals surface area contributed by atoms with Crippen molar-refractivity contribution in [2.75, 3.05) is 6.54 Å². The summed E-state index contributed by atoms with van der Waals surface area (Å²) < 4.78 is 5.36. The minimum absolute atomic E-state index is 0.286. The molecular weight excluding hydrogens is 272 g/mol. The summed E-state index contributed by atoms with van der Waals surface area (Å²) in [6, 6.07) is 2.21. The number of hydrogen-bond acceptors (Lipinski definition) is 4. The molecule has 114 valence electrons. The van der Waals surface area contributed by atoms with Crippen LogP contribution in [0.25, 0.3) is 0 Å². The van der Waals surface area contributed by atoms with Crippen LogP contribution in [0, 0.1) is 0 Å². The molecule has 1 amide bonds. The molecule has 1 aromatic heterocycles. The Morgan fingerprint density at radius 3 is 2.71 bits per heavy atom. The predicted octanol–water partition coefficient (Wildman–Crippen LogP) is 1.32. The monoisotopic (exact) mass is 292 g/mol. The predicted molar refractivity (Wildman–Crippen MR) is 77.0 cm³/mol. The number of ether oxygens (including phenoxy) is 1. The van der Waals surface area contributed by atoms with Gasteiger partial charge in [0.2, 0.25) is 5.56 Å². The number of nitrogens with zero attached hydrogens (tertiary/aromatic N) is 1. The molecule has 0 unspecified atom stereocenters. The number of aromatic nitrogens is 1. The molecular formula is C15H20N2O4. The summed E-state index contributed by atoms with van der Waals surface area (Å²) in [4.78, 5) is 39.9. The molecule has 1 aliphatic heterocycles. The maximum absolute atomic E-state index is 12.4. The summed E-state index contributed by atoms with van der Waals surface area (Å²) in [7, 11) is 0. The molecule has 1 aliphatic rings. The van der Waals surface area contributed by atoms with Gasteiger partial charge in [0, 0.05) is 24.4 Å². The number of rotatable bonds is 2. The minimum atomic E-state index is -0.585. The van der Waals surface area contributed by atoms with E-state index in [1.54, 1.807) is 20.8 Å². The molecule has 0 radical (unpaired) electrons. The summed E-state index contributed by atoms with van der Waals surface area (Å²) in [5, 5.41) is 0. The summed E-state index contributed by atoms with van der Waals surface area (Å²) in [5.41, 5.74) is -0.638. The van der Waals surface area contributed by atoms with E-state index < -0.39 is 17.6 Å². The van der Waals surface area contributed by atoms with E-state index in [0.29, 0.717) is 13.0 Å². The van der Waals surface area contributed by atoms with Crippen molar-refractivity contribution in [2.24, 2.45) is 0 Å². The van der Waals surface area contributed by atoms with Gasteiger partial charge in [0.15, 0.2) is 0 Å². The number of esters is 1. The maximum Gasteiger partial charge on any atom is 0.329 e. The van der Waals surface area contributed by atoms with E-state index in [-0.39, 0.29) is 17.0 Å². The molecule has 6 nitrogen and oxygen atoms in total. The van der Waals surface area contributed by atoms with Crippen LogP contribution in [0.4, 0.5) is 0 Å². The second-order valence-electron chi connectivity index (χ2n) is 6.13. The average molecular weight is 292 g/mol. The van der Waals surface area contributed by atoms with Crippen molar-refractivity contribution >= 4 is 11.9 Å². The van der Waals surface area contributed by atoms with Crippen LogP contribution in [0.5, 0.6) is 0 Å². The normalized spacial score (nSPS) is 18.6. The quantitative estimate of drug-likeness (QED) is 0.834. The van der Waals surface area contributed by atoms with Gasteiger partial charge in [-0.2, -0.15) is 0 Å². The molecule has 0 aromatic carbocycles. The number of nitrogens with one attached hydrogen (secondary N) is 1. The van der Waals surface area contributed by atoms with Crippen LogP contribution in [0.15, 0.2) is 23.1 Å². The van der Waals surface area contributed by atoms with Gasteiger partial charge >= 0.3 is 5.97 Å². The van der Waals surface area contributed by atoms with Crippen LogP contribution in [0.2, 0.25) is 0 Å². The van der Waals surface area contributed by atoms with Crippen molar-refractivity contribution in [1.29, 1.82) is 0 Å². The molecule has 6 heteroatoms. The molecule has 0 saturated carbocycles. The first-order valence-corrected chi connectivity index (χ1v) is 7.00. The highest BCUT2D eigenvalue weighted by atomic mass is 16.6. The second kappa shape index (κ2) is 5.71. The lowest BCUT2D eigenvalue weighted by atomic mass is 10.1. The van der Waals surface area contributed by atoms with Crippen LogP contribution >= 0.6 is 0 Å². The van der Waals surface area contributed by atoms with Gasteiger partial charge in [0.25, 0.3) is 5.91 Å². The first-order chi connectivity index (χ1) is 9.78. The zero-order valence-electron chi connectivity index (χ0n) is 12.5. The third kappa shape index (κ3) is 3.71. The number of pyridine rings is 1. The molecule has 1 saturated heterocycles.